The summed E-state index contributed by atoms with van der Waals surface area (Å²) in [6.45, 7) is 1.06. The summed E-state index contributed by atoms with van der Waals surface area (Å²) in [7, 11) is 0. The van der Waals surface area contributed by atoms with Gasteiger partial charge in [0, 0.05) is 24.0 Å². The molecule has 1 fully saturated rings. The number of H-pyrrole nitrogens is 1. The summed E-state index contributed by atoms with van der Waals surface area (Å²) in [6.07, 6.45) is 1.55. The first-order chi connectivity index (χ1) is 13.1. The number of benzene rings is 2. The molecule has 1 aliphatic rings. The molecule has 0 aliphatic carbocycles. The van der Waals surface area contributed by atoms with E-state index < -0.39 is 0 Å². The maximum atomic E-state index is 12.9. The number of nitrogens with one attached hydrogen (secondary N) is 2. The fraction of sp³-hybridized carbons (Fsp3) is 0.238. The van der Waals surface area contributed by atoms with Crippen molar-refractivity contribution in [3.05, 3.63) is 65.3 Å². The molecule has 5 nitrogen and oxygen atoms in total. The highest BCUT2D eigenvalue weighted by molar-refractivity contribution is 6.33. The summed E-state index contributed by atoms with van der Waals surface area (Å²) < 4.78 is 0. The van der Waals surface area contributed by atoms with Gasteiger partial charge in [0.15, 0.2) is 0 Å². The van der Waals surface area contributed by atoms with Crippen LogP contribution in [0, 0.1) is 5.92 Å². The third kappa shape index (κ3) is 3.69. The molecule has 1 atom stereocenters. The van der Waals surface area contributed by atoms with Crippen LogP contribution in [-0.4, -0.2) is 34.8 Å². The van der Waals surface area contributed by atoms with Crippen LogP contribution in [0.1, 0.15) is 23.3 Å². The molecule has 0 unspecified atom stereocenters. The first-order valence-electron chi connectivity index (χ1n) is 9.04. The van der Waals surface area contributed by atoms with Crippen molar-refractivity contribution in [1.82, 2.24) is 9.88 Å². The molecule has 2 heterocycles. The summed E-state index contributed by atoms with van der Waals surface area (Å²) in [5.74, 6) is -0.415. The van der Waals surface area contributed by atoms with Crippen LogP contribution < -0.4 is 5.32 Å². The Morgan fingerprint density at radius 2 is 1.89 bits per heavy atom. The van der Waals surface area contributed by atoms with E-state index in [1.807, 2.05) is 42.5 Å². The fourth-order valence-corrected chi connectivity index (χ4v) is 3.71. The monoisotopic (exact) mass is 381 g/mol. The second kappa shape index (κ2) is 7.45. The van der Waals surface area contributed by atoms with Crippen molar-refractivity contribution in [3.63, 3.8) is 0 Å². The zero-order valence-electron chi connectivity index (χ0n) is 14.7. The molecule has 0 bridgehead atoms. The molecule has 6 heteroatoms. The third-order valence-corrected chi connectivity index (χ3v) is 5.30. The maximum absolute atomic E-state index is 12.9. The number of fused-ring (bicyclic) bond motifs is 1. The normalized spacial score (nSPS) is 17.1. The lowest BCUT2D eigenvalue weighted by molar-refractivity contribution is -0.121. The van der Waals surface area contributed by atoms with Gasteiger partial charge in [-0.05, 0) is 37.1 Å². The number of amides is 2. The van der Waals surface area contributed by atoms with Crippen molar-refractivity contribution in [3.8, 4) is 0 Å². The average Bonchev–Trinajstić information content (AvgIpc) is 3.13. The summed E-state index contributed by atoms with van der Waals surface area (Å²) in [5.41, 5.74) is 2.09. The van der Waals surface area contributed by atoms with Gasteiger partial charge in [-0.25, -0.2) is 0 Å². The fourth-order valence-electron chi connectivity index (χ4n) is 3.53. The molecule has 0 spiro atoms. The minimum atomic E-state index is -0.247. The van der Waals surface area contributed by atoms with E-state index in [1.54, 1.807) is 17.0 Å². The lowest BCUT2D eigenvalue weighted by atomic mass is 9.96. The summed E-state index contributed by atoms with van der Waals surface area (Å²) >= 11 is 6.12. The van der Waals surface area contributed by atoms with Crippen molar-refractivity contribution in [2.45, 2.75) is 12.8 Å². The highest BCUT2D eigenvalue weighted by atomic mass is 35.5. The van der Waals surface area contributed by atoms with Crippen LogP contribution >= 0.6 is 11.6 Å². The Bertz CT molecular complexity index is 965. The van der Waals surface area contributed by atoms with Crippen molar-refractivity contribution >= 4 is 40.0 Å². The standard InChI is InChI=1S/C21H20ClN3O2/c22-16-8-2-4-10-18(16)24-20(26)15-7-5-11-25(13-15)21(27)19-12-14-6-1-3-9-17(14)23-19/h1-4,6,8-10,12,15,23H,5,7,11,13H2,(H,24,26)/t15-/m1/s1. The number of aromatic nitrogens is 1. The van der Waals surface area contributed by atoms with Gasteiger partial charge in [-0.1, -0.05) is 41.9 Å². The minimum absolute atomic E-state index is 0.0681. The van der Waals surface area contributed by atoms with E-state index in [0.717, 1.165) is 23.7 Å². The van der Waals surface area contributed by atoms with Gasteiger partial charge in [-0.15, -0.1) is 0 Å². The first kappa shape index (κ1) is 17.6. The highest BCUT2D eigenvalue weighted by Gasteiger charge is 2.29. The summed E-state index contributed by atoms with van der Waals surface area (Å²) in [6, 6.07) is 16.8. The number of nitrogens with zero attached hydrogens (tertiary/aromatic N) is 1. The number of carbonyl (C=O) groups excluding carboxylic acids is 2. The molecule has 2 aromatic carbocycles. The number of likely N-dealkylation sites (tertiary alicyclic amines) is 1. The van der Waals surface area contributed by atoms with E-state index in [1.165, 1.54) is 0 Å². The van der Waals surface area contributed by atoms with Crippen LogP contribution in [0.3, 0.4) is 0 Å². The molecule has 0 saturated carbocycles. The van der Waals surface area contributed by atoms with Gasteiger partial charge in [-0.2, -0.15) is 0 Å². The van der Waals surface area contributed by atoms with E-state index in [9.17, 15) is 9.59 Å². The number of carbonyl (C=O) groups is 2. The minimum Gasteiger partial charge on any atom is -0.351 e. The number of para-hydroxylation sites is 2. The summed E-state index contributed by atoms with van der Waals surface area (Å²) in [4.78, 5) is 30.5. The molecule has 0 radical (unpaired) electrons. The van der Waals surface area contributed by atoms with Crippen molar-refractivity contribution in [1.29, 1.82) is 0 Å². The second-order valence-electron chi connectivity index (χ2n) is 6.83. The lowest BCUT2D eigenvalue weighted by Gasteiger charge is -2.31. The van der Waals surface area contributed by atoms with E-state index in [0.29, 0.717) is 29.5 Å². The summed E-state index contributed by atoms with van der Waals surface area (Å²) in [5, 5.41) is 4.40. The molecule has 1 saturated heterocycles. The van der Waals surface area contributed by atoms with Crippen LogP contribution in [0.5, 0.6) is 0 Å². The van der Waals surface area contributed by atoms with Crippen molar-refractivity contribution < 1.29 is 9.59 Å². The zero-order chi connectivity index (χ0) is 18.8. The molecule has 1 aromatic heterocycles. The number of rotatable bonds is 3. The molecule has 1 aliphatic heterocycles. The van der Waals surface area contributed by atoms with E-state index in [-0.39, 0.29) is 17.7 Å². The van der Waals surface area contributed by atoms with Gasteiger partial charge in [0.2, 0.25) is 5.91 Å². The second-order valence-corrected chi connectivity index (χ2v) is 7.24. The lowest BCUT2D eigenvalue weighted by Crippen LogP contribution is -2.43. The van der Waals surface area contributed by atoms with Crippen LogP contribution in [0.15, 0.2) is 54.6 Å². The SMILES string of the molecule is O=C(Nc1ccccc1Cl)[C@@H]1CCCN(C(=O)c2cc3ccccc3[nH]2)C1. The van der Waals surface area contributed by atoms with Crippen LogP contribution in [-0.2, 0) is 4.79 Å². The molecular formula is C21H20ClN3O2. The van der Waals surface area contributed by atoms with Crippen LogP contribution in [0.4, 0.5) is 5.69 Å². The predicted molar refractivity (Wildman–Crippen MR) is 107 cm³/mol. The Morgan fingerprint density at radius 1 is 1.11 bits per heavy atom. The molecule has 2 amide bonds. The topological polar surface area (TPSA) is 65.2 Å². The van der Waals surface area contributed by atoms with Gasteiger partial charge in [0.25, 0.3) is 5.91 Å². The van der Waals surface area contributed by atoms with E-state index in [4.69, 9.17) is 11.6 Å². The van der Waals surface area contributed by atoms with Gasteiger partial charge in [0.1, 0.15) is 5.69 Å². The van der Waals surface area contributed by atoms with Crippen molar-refractivity contribution in [2.24, 2.45) is 5.92 Å². The number of anilines is 1. The maximum Gasteiger partial charge on any atom is 0.270 e. The quantitative estimate of drug-likeness (QED) is 0.709. The smallest absolute Gasteiger partial charge is 0.270 e. The largest absolute Gasteiger partial charge is 0.351 e. The van der Waals surface area contributed by atoms with Crippen LogP contribution in [0.25, 0.3) is 10.9 Å². The number of hydrogen-bond donors (Lipinski definition) is 2. The Kier molecular flexibility index (Phi) is 4.86. The molecular weight excluding hydrogens is 362 g/mol. The third-order valence-electron chi connectivity index (χ3n) is 4.97. The number of halogens is 1. The van der Waals surface area contributed by atoms with E-state index >= 15 is 0 Å². The highest BCUT2D eigenvalue weighted by Crippen LogP contribution is 2.25. The average molecular weight is 382 g/mol. The predicted octanol–water partition coefficient (Wildman–Crippen LogP) is 4.31. The van der Waals surface area contributed by atoms with Gasteiger partial charge >= 0.3 is 0 Å². The van der Waals surface area contributed by atoms with Gasteiger partial charge in [-0.3, -0.25) is 9.59 Å². The molecule has 2 N–H and O–H groups in total. The number of aromatic amines is 1. The zero-order valence-corrected chi connectivity index (χ0v) is 15.5. The Balaban J connectivity index is 1.46. The number of hydrogen-bond acceptors (Lipinski definition) is 2. The van der Waals surface area contributed by atoms with Crippen LogP contribution in [0.2, 0.25) is 5.02 Å². The van der Waals surface area contributed by atoms with E-state index in [2.05, 4.69) is 10.3 Å². The van der Waals surface area contributed by atoms with Gasteiger partial charge in [0.05, 0.1) is 16.6 Å². The first-order valence-corrected chi connectivity index (χ1v) is 9.42. The Hall–Kier alpha value is -2.79. The number of piperidine rings is 1. The van der Waals surface area contributed by atoms with Gasteiger partial charge < -0.3 is 15.2 Å². The Morgan fingerprint density at radius 3 is 2.70 bits per heavy atom. The molecule has 4 rings (SSSR count). The van der Waals surface area contributed by atoms with Crippen molar-refractivity contribution in [2.75, 3.05) is 18.4 Å². The molecule has 138 valence electrons. The molecule has 27 heavy (non-hydrogen) atoms. The molecule has 3 aromatic rings. The Labute approximate surface area is 162 Å².